The van der Waals surface area contributed by atoms with Crippen molar-refractivity contribution in [2.45, 2.75) is 47.0 Å². The fraction of sp³-hybridized carbons (Fsp3) is 1.00. The first-order valence-corrected chi connectivity index (χ1v) is 4.86. The van der Waals surface area contributed by atoms with Gasteiger partial charge in [0, 0.05) is 0 Å². The van der Waals surface area contributed by atoms with Gasteiger partial charge in [-0.05, 0) is 11.3 Å². The molecule has 0 amide bonds. The summed E-state index contributed by atoms with van der Waals surface area (Å²) in [5, 5.41) is 0. The minimum atomic E-state index is 0.212. The van der Waals surface area contributed by atoms with E-state index in [1.165, 1.54) is 19.3 Å². The van der Waals surface area contributed by atoms with E-state index in [9.17, 15) is 0 Å². The maximum Gasteiger partial charge on any atom is 0.0732 e. The Morgan fingerprint density at radius 1 is 1.42 bits per heavy atom. The molecule has 0 aromatic rings. The third kappa shape index (κ3) is 4.07. The highest BCUT2D eigenvalue weighted by atomic mass is 16.6. The largest absolute Gasteiger partial charge is 0.304 e. The van der Waals surface area contributed by atoms with E-state index in [2.05, 4.69) is 27.7 Å². The SMILES string of the molecule is CCCC[C@H](C)C(C)(C)CON. The summed E-state index contributed by atoms with van der Waals surface area (Å²) in [6, 6.07) is 0. The zero-order valence-electron chi connectivity index (χ0n) is 8.89. The summed E-state index contributed by atoms with van der Waals surface area (Å²) in [5.74, 6) is 5.76. The van der Waals surface area contributed by atoms with E-state index in [4.69, 9.17) is 10.7 Å². The molecule has 0 aliphatic rings. The van der Waals surface area contributed by atoms with Crippen molar-refractivity contribution in [3.63, 3.8) is 0 Å². The Kier molecular flexibility index (Phi) is 5.51. The van der Waals surface area contributed by atoms with Crippen LogP contribution < -0.4 is 5.90 Å². The molecule has 2 nitrogen and oxygen atoms in total. The molecule has 0 heterocycles. The lowest BCUT2D eigenvalue weighted by Crippen LogP contribution is -2.28. The van der Waals surface area contributed by atoms with Gasteiger partial charge in [0.25, 0.3) is 0 Å². The molecule has 0 saturated heterocycles. The highest BCUT2D eigenvalue weighted by Gasteiger charge is 2.25. The highest BCUT2D eigenvalue weighted by molar-refractivity contribution is 4.74. The Morgan fingerprint density at radius 2 is 2.00 bits per heavy atom. The minimum absolute atomic E-state index is 0.212. The van der Waals surface area contributed by atoms with Crippen LogP contribution in [0.25, 0.3) is 0 Å². The van der Waals surface area contributed by atoms with Gasteiger partial charge in [0.2, 0.25) is 0 Å². The molecular formula is C10H23NO. The Balaban J connectivity index is 3.79. The number of hydrogen-bond donors (Lipinski definition) is 1. The van der Waals surface area contributed by atoms with Crippen LogP contribution in [0.2, 0.25) is 0 Å². The maximum absolute atomic E-state index is 5.08. The summed E-state index contributed by atoms with van der Waals surface area (Å²) in [6.45, 7) is 9.56. The average molecular weight is 173 g/mol. The van der Waals surface area contributed by atoms with Crippen molar-refractivity contribution in [1.29, 1.82) is 0 Å². The zero-order chi connectivity index (χ0) is 9.61. The van der Waals surface area contributed by atoms with E-state index in [1.54, 1.807) is 0 Å². The van der Waals surface area contributed by atoms with Gasteiger partial charge in [-0.25, -0.2) is 5.90 Å². The smallest absolute Gasteiger partial charge is 0.0732 e. The number of nitrogens with two attached hydrogens (primary N) is 1. The van der Waals surface area contributed by atoms with Crippen molar-refractivity contribution in [3.8, 4) is 0 Å². The van der Waals surface area contributed by atoms with Gasteiger partial charge in [0.1, 0.15) is 0 Å². The molecule has 0 saturated carbocycles. The van der Waals surface area contributed by atoms with Crippen LogP contribution in [-0.2, 0) is 4.84 Å². The van der Waals surface area contributed by atoms with Crippen molar-refractivity contribution >= 4 is 0 Å². The standard InChI is InChI=1S/C10H23NO/c1-5-6-7-9(2)10(3,4)8-12-11/h9H,5-8,11H2,1-4H3/t9-/m0/s1. The van der Waals surface area contributed by atoms with Crippen LogP contribution in [0, 0.1) is 11.3 Å². The summed E-state index contributed by atoms with van der Waals surface area (Å²) >= 11 is 0. The molecule has 0 fully saturated rings. The topological polar surface area (TPSA) is 35.2 Å². The summed E-state index contributed by atoms with van der Waals surface area (Å²) in [4.78, 5) is 4.71. The van der Waals surface area contributed by atoms with E-state index < -0.39 is 0 Å². The van der Waals surface area contributed by atoms with E-state index in [-0.39, 0.29) is 5.41 Å². The molecule has 0 bridgehead atoms. The first-order chi connectivity index (χ1) is 5.54. The van der Waals surface area contributed by atoms with E-state index in [0.29, 0.717) is 12.5 Å². The molecule has 2 heteroatoms. The molecule has 0 spiro atoms. The molecule has 0 aromatic heterocycles. The molecule has 0 rings (SSSR count). The van der Waals surface area contributed by atoms with Crippen molar-refractivity contribution in [3.05, 3.63) is 0 Å². The van der Waals surface area contributed by atoms with Gasteiger partial charge >= 0.3 is 0 Å². The molecule has 0 aliphatic carbocycles. The third-order valence-corrected chi connectivity index (χ3v) is 2.78. The van der Waals surface area contributed by atoms with E-state index >= 15 is 0 Å². The lowest BCUT2D eigenvalue weighted by atomic mass is 9.78. The monoisotopic (exact) mass is 173 g/mol. The second-order valence-corrected chi connectivity index (χ2v) is 4.34. The van der Waals surface area contributed by atoms with Crippen LogP contribution in [-0.4, -0.2) is 6.61 Å². The molecule has 0 aliphatic heterocycles. The first kappa shape index (κ1) is 11.9. The van der Waals surface area contributed by atoms with Crippen molar-refractivity contribution in [1.82, 2.24) is 0 Å². The lowest BCUT2D eigenvalue weighted by molar-refractivity contribution is 0.0298. The second kappa shape index (κ2) is 5.55. The number of unbranched alkanes of at least 4 members (excludes halogenated alkanes) is 1. The molecular weight excluding hydrogens is 150 g/mol. The summed E-state index contributed by atoms with van der Waals surface area (Å²) in [7, 11) is 0. The van der Waals surface area contributed by atoms with Gasteiger partial charge in [-0.2, -0.15) is 0 Å². The predicted molar refractivity (Wildman–Crippen MR) is 52.6 cm³/mol. The fourth-order valence-corrected chi connectivity index (χ4v) is 1.26. The quantitative estimate of drug-likeness (QED) is 0.627. The molecule has 0 unspecified atom stereocenters. The van der Waals surface area contributed by atoms with Crippen molar-refractivity contribution in [2.24, 2.45) is 17.2 Å². The molecule has 74 valence electrons. The summed E-state index contributed by atoms with van der Waals surface area (Å²) in [5.41, 5.74) is 0.212. The van der Waals surface area contributed by atoms with E-state index in [1.807, 2.05) is 0 Å². The minimum Gasteiger partial charge on any atom is -0.304 e. The van der Waals surface area contributed by atoms with Gasteiger partial charge in [0.15, 0.2) is 0 Å². The van der Waals surface area contributed by atoms with Gasteiger partial charge in [0.05, 0.1) is 6.61 Å². The summed E-state index contributed by atoms with van der Waals surface area (Å²) in [6.07, 6.45) is 3.84. The Bertz CT molecular complexity index is 112. The highest BCUT2D eigenvalue weighted by Crippen LogP contribution is 2.30. The fourth-order valence-electron chi connectivity index (χ4n) is 1.26. The van der Waals surface area contributed by atoms with Crippen LogP contribution in [0.4, 0.5) is 0 Å². The van der Waals surface area contributed by atoms with Gasteiger partial charge in [-0.1, -0.05) is 47.0 Å². The van der Waals surface area contributed by atoms with Crippen LogP contribution >= 0.6 is 0 Å². The lowest BCUT2D eigenvalue weighted by Gasteiger charge is -2.30. The molecule has 12 heavy (non-hydrogen) atoms. The van der Waals surface area contributed by atoms with Crippen LogP contribution in [0.3, 0.4) is 0 Å². The number of rotatable bonds is 6. The van der Waals surface area contributed by atoms with Crippen LogP contribution in [0.1, 0.15) is 47.0 Å². The van der Waals surface area contributed by atoms with Gasteiger partial charge < -0.3 is 4.84 Å². The number of hydrogen-bond acceptors (Lipinski definition) is 2. The normalized spacial score (nSPS) is 14.8. The average Bonchev–Trinajstić information content (AvgIpc) is 2.00. The summed E-state index contributed by atoms with van der Waals surface area (Å²) < 4.78 is 0. The molecule has 2 N–H and O–H groups in total. The Labute approximate surface area is 76.4 Å². The van der Waals surface area contributed by atoms with Crippen LogP contribution in [0.5, 0.6) is 0 Å². The maximum atomic E-state index is 5.08. The molecule has 1 atom stereocenters. The third-order valence-electron chi connectivity index (χ3n) is 2.78. The Hall–Kier alpha value is -0.0800. The predicted octanol–water partition coefficient (Wildman–Crippen LogP) is 2.73. The molecule has 0 radical (unpaired) electrons. The van der Waals surface area contributed by atoms with Gasteiger partial charge in [-0.3, -0.25) is 0 Å². The first-order valence-electron chi connectivity index (χ1n) is 4.86. The zero-order valence-corrected chi connectivity index (χ0v) is 8.89. The Morgan fingerprint density at radius 3 is 2.42 bits per heavy atom. The van der Waals surface area contributed by atoms with Gasteiger partial charge in [-0.15, -0.1) is 0 Å². The van der Waals surface area contributed by atoms with Crippen LogP contribution in [0.15, 0.2) is 0 Å². The van der Waals surface area contributed by atoms with E-state index in [0.717, 1.165) is 0 Å². The van der Waals surface area contributed by atoms with Crippen molar-refractivity contribution < 1.29 is 4.84 Å². The van der Waals surface area contributed by atoms with Crippen molar-refractivity contribution in [2.75, 3.05) is 6.61 Å². The second-order valence-electron chi connectivity index (χ2n) is 4.34. The molecule has 0 aromatic carbocycles.